The lowest BCUT2D eigenvalue weighted by Crippen LogP contribution is -2.61. The van der Waals surface area contributed by atoms with Crippen LogP contribution < -0.4 is 10.6 Å². The largest absolute Gasteiger partial charge is 0.333 e. The number of likely N-dealkylation sites (tertiary alicyclic amines) is 1. The van der Waals surface area contributed by atoms with Gasteiger partial charge in [-0.2, -0.15) is 0 Å². The van der Waals surface area contributed by atoms with Gasteiger partial charge in [0.2, 0.25) is 5.91 Å². The maximum Gasteiger partial charge on any atom is 0.318 e. The van der Waals surface area contributed by atoms with Crippen LogP contribution in [0.4, 0.5) is 10.5 Å². The molecule has 6 heteroatoms. The second-order valence-corrected chi connectivity index (χ2v) is 6.97. The van der Waals surface area contributed by atoms with Crippen LogP contribution in [0.5, 0.6) is 0 Å². The van der Waals surface area contributed by atoms with Crippen molar-refractivity contribution in [2.45, 2.75) is 38.9 Å². The van der Waals surface area contributed by atoms with Gasteiger partial charge in [-0.05, 0) is 24.6 Å². The number of carbonyl (C=O) groups excluding carboxylic acids is 2. The fourth-order valence-corrected chi connectivity index (χ4v) is 3.44. The first kappa shape index (κ1) is 16.8. The van der Waals surface area contributed by atoms with Crippen LogP contribution in [0.15, 0.2) is 24.3 Å². The Kier molecular flexibility index (Phi) is 4.76. The van der Waals surface area contributed by atoms with E-state index in [-0.39, 0.29) is 23.9 Å². The minimum absolute atomic E-state index is 0.0918. The Bertz CT molecular complexity index is 627. The molecule has 0 aromatic heterocycles. The standard InChI is InChI=1S/C18H26N4O2/c1-4-12(2)16-17(23)20-15-8-6-5-7-13(15)9-22(16)18(24)19-14-10-21(3)11-14/h5-8,12,14,16H,4,9-11H2,1-3H3,(H,19,24)(H,20,23)/t12-,16-/m0/s1. The van der Waals surface area contributed by atoms with Gasteiger partial charge in [-0.15, -0.1) is 0 Å². The van der Waals surface area contributed by atoms with Crippen LogP contribution in [-0.4, -0.2) is 54.0 Å². The number of carbonyl (C=O) groups is 2. The highest BCUT2D eigenvalue weighted by Gasteiger charge is 2.38. The Hall–Kier alpha value is -2.08. The minimum atomic E-state index is -0.458. The summed E-state index contributed by atoms with van der Waals surface area (Å²) in [4.78, 5) is 29.5. The second-order valence-electron chi connectivity index (χ2n) is 6.97. The molecular formula is C18H26N4O2. The molecule has 1 saturated heterocycles. The van der Waals surface area contributed by atoms with E-state index in [2.05, 4.69) is 15.5 Å². The van der Waals surface area contributed by atoms with E-state index >= 15 is 0 Å². The number of nitrogens with one attached hydrogen (secondary N) is 2. The number of nitrogens with zero attached hydrogens (tertiary/aromatic N) is 2. The molecule has 0 spiro atoms. The summed E-state index contributed by atoms with van der Waals surface area (Å²) in [5.74, 6) is -0.00990. The summed E-state index contributed by atoms with van der Waals surface area (Å²) in [5, 5.41) is 6.06. The van der Waals surface area contributed by atoms with E-state index in [4.69, 9.17) is 0 Å². The quantitative estimate of drug-likeness (QED) is 0.889. The molecule has 1 aromatic carbocycles. The average molecular weight is 330 g/mol. The highest BCUT2D eigenvalue weighted by atomic mass is 16.2. The number of benzene rings is 1. The first-order valence-corrected chi connectivity index (χ1v) is 8.64. The van der Waals surface area contributed by atoms with Crippen LogP contribution in [0.2, 0.25) is 0 Å². The molecule has 0 radical (unpaired) electrons. The van der Waals surface area contributed by atoms with Gasteiger partial charge in [0.25, 0.3) is 0 Å². The fraction of sp³-hybridized carbons (Fsp3) is 0.556. The number of fused-ring (bicyclic) bond motifs is 1. The predicted octanol–water partition coefficient (Wildman–Crippen LogP) is 1.88. The van der Waals surface area contributed by atoms with Gasteiger partial charge in [0, 0.05) is 18.8 Å². The minimum Gasteiger partial charge on any atom is -0.333 e. The Morgan fingerprint density at radius 2 is 2.08 bits per heavy atom. The Morgan fingerprint density at radius 1 is 1.38 bits per heavy atom. The van der Waals surface area contributed by atoms with Crippen LogP contribution in [0.3, 0.4) is 0 Å². The lowest BCUT2D eigenvalue weighted by Gasteiger charge is -2.39. The molecule has 1 aromatic rings. The summed E-state index contributed by atoms with van der Waals surface area (Å²) in [6, 6.07) is 7.25. The molecule has 0 bridgehead atoms. The smallest absolute Gasteiger partial charge is 0.318 e. The van der Waals surface area contributed by atoms with Crippen molar-refractivity contribution in [3.8, 4) is 0 Å². The molecule has 6 nitrogen and oxygen atoms in total. The molecular weight excluding hydrogens is 304 g/mol. The van der Waals surface area contributed by atoms with Gasteiger partial charge in [-0.25, -0.2) is 4.79 Å². The van der Waals surface area contributed by atoms with Crippen molar-refractivity contribution in [1.82, 2.24) is 15.1 Å². The third kappa shape index (κ3) is 3.24. The third-order valence-electron chi connectivity index (χ3n) is 5.06. The van der Waals surface area contributed by atoms with Gasteiger partial charge in [-0.1, -0.05) is 38.5 Å². The first-order chi connectivity index (χ1) is 11.5. The highest BCUT2D eigenvalue weighted by Crippen LogP contribution is 2.27. The number of hydrogen-bond acceptors (Lipinski definition) is 3. The summed E-state index contributed by atoms with van der Waals surface area (Å²) >= 11 is 0. The number of hydrogen-bond donors (Lipinski definition) is 2. The van der Waals surface area contributed by atoms with Gasteiger partial charge in [0.15, 0.2) is 0 Å². The van der Waals surface area contributed by atoms with Gasteiger partial charge in [0.05, 0.1) is 12.6 Å². The number of anilines is 1. The van der Waals surface area contributed by atoms with Crippen molar-refractivity contribution in [3.05, 3.63) is 29.8 Å². The summed E-state index contributed by atoms with van der Waals surface area (Å²) in [6.07, 6.45) is 0.838. The summed E-state index contributed by atoms with van der Waals surface area (Å²) in [7, 11) is 2.03. The Labute approximate surface area is 143 Å². The number of rotatable bonds is 3. The van der Waals surface area contributed by atoms with E-state index in [0.29, 0.717) is 6.54 Å². The number of amides is 3. The van der Waals surface area contributed by atoms with Gasteiger partial charge >= 0.3 is 6.03 Å². The van der Waals surface area contributed by atoms with Gasteiger partial charge in [0.1, 0.15) is 6.04 Å². The van der Waals surface area contributed by atoms with Crippen molar-refractivity contribution < 1.29 is 9.59 Å². The first-order valence-electron chi connectivity index (χ1n) is 8.64. The monoisotopic (exact) mass is 330 g/mol. The molecule has 130 valence electrons. The zero-order valence-corrected chi connectivity index (χ0v) is 14.6. The molecule has 2 heterocycles. The SMILES string of the molecule is CC[C@H](C)[C@H]1C(=O)Nc2ccccc2CN1C(=O)NC1CN(C)C1. The molecule has 3 rings (SSSR count). The van der Waals surface area contributed by atoms with Crippen LogP contribution in [-0.2, 0) is 11.3 Å². The molecule has 0 aliphatic carbocycles. The summed E-state index contributed by atoms with van der Waals surface area (Å²) in [5.41, 5.74) is 1.77. The van der Waals surface area contributed by atoms with E-state index < -0.39 is 6.04 Å². The van der Waals surface area contributed by atoms with E-state index in [9.17, 15) is 9.59 Å². The lowest BCUT2D eigenvalue weighted by atomic mass is 9.97. The molecule has 2 atom stereocenters. The van der Waals surface area contributed by atoms with E-state index in [1.165, 1.54) is 0 Å². The van der Waals surface area contributed by atoms with Crippen LogP contribution in [0.25, 0.3) is 0 Å². The third-order valence-corrected chi connectivity index (χ3v) is 5.06. The zero-order chi connectivity index (χ0) is 17.3. The van der Waals surface area contributed by atoms with Crippen LogP contribution in [0.1, 0.15) is 25.8 Å². The number of urea groups is 1. The molecule has 2 aliphatic heterocycles. The molecule has 0 saturated carbocycles. The van der Waals surface area contributed by atoms with Crippen molar-refractivity contribution in [3.63, 3.8) is 0 Å². The van der Waals surface area contributed by atoms with Gasteiger partial charge in [-0.3, -0.25) is 4.79 Å². The summed E-state index contributed by atoms with van der Waals surface area (Å²) < 4.78 is 0. The summed E-state index contributed by atoms with van der Waals surface area (Å²) in [6.45, 7) is 6.23. The van der Waals surface area contributed by atoms with Crippen molar-refractivity contribution in [2.75, 3.05) is 25.5 Å². The number of likely N-dealkylation sites (N-methyl/N-ethyl adjacent to an activating group) is 1. The number of para-hydroxylation sites is 1. The zero-order valence-electron chi connectivity index (χ0n) is 14.6. The van der Waals surface area contributed by atoms with Crippen LogP contribution in [0, 0.1) is 5.92 Å². The van der Waals surface area contributed by atoms with Crippen LogP contribution >= 0.6 is 0 Å². The second kappa shape index (κ2) is 6.81. The maximum atomic E-state index is 12.9. The fourth-order valence-electron chi connectivity index (χ4n) is 3.44. The molecule has 0 unspecified atom stereocenters. The van der Waals surface area contributed by atoms with E-state index in [0.717, 1.165) is 30.8 Å². The van der Waals surface area contributed by atoms with Crippen molar-refractivity contribution in [2.24, 2.45) is 5.92 Å². The van der Waals surface area contributed by atoms with Crippen molar-refractivity contribution >= 4 is 17.6 Å². The van der Waals surface area contributed by atoms with E-state index in [1.807, 2.05) is 45.2 Å². The Balaban J connectivity index is 1.85. The van der Waals surface area contributed by atoms with Gasteiger partial charge < -0.3 is 20.4 Å². The molecule has 2 aliphatic rings. The molecule has 2 N–H and O–H groups in total. The lowest BCUT2D eigenvalue weighted by molar-refractivity contribution is -0.122. The molecule has 1 fully saturated rings. The topological polar surface area (TPSA) is 64.7 Å². The average Bonchev–Trinajstić information content (AvgIpc) is 2.68. The highest BCUT2D eigenvalue weighted by molar-refractivity contribution is 5.98. The normalized spacial score (nSPS) is 22.9. The maximum absolute atomic E-state index is 12.9. The molecule has 24 heavy (non-hydrogen) atoms. The Morgan fingerprint density at radius 3 is 2.75 bits per heavy atom. The molecule has 3 amide bonds. The predicted molar refractivity (Wildman–Crippen MR) is 93.7 cm³/mol. The van der Waals surface area contributed by atoms with E-state index in [1.54, 1.807) is 4.90 Å². The van der Waals surface area contributed by atoms with Crippen molar-refractivity contribution in [1.29, 1.82) is 0 Å².